The van der Waals surface area contributed by atoms with Crippen LogP contribution < -0.4 is 0 Å². The van der Waals surface area contributed by atoms with Gasteiger partial charge < -0.3 is 0 Å². The van der Waals surface area contributed by atoms with Crippen LogP contribution in [0.3, 0.4) is 0 Å². The van der Waals surface area contributed by atoms with Gasteiger partial charge in [-0.05, 0) is 48.1 Å². The van der Waals surface area contributed by atoms with Crippen LogP contribution in [0.1, 0.15) is 54.9 Å². The van der Waals surface area contributed by atoms with Crippen molar-refractivity contribution >= 4 is 22.0 Å². The van der Waals surface area contributed by atoms with Gasteiger partial charge in [0.1, 0.15) is 0 Å². The lowest BCUT2D eigenvalue weighted by Gasteiger charge is -2.19. The lowest BCUT2D eigenvalue weighted by molar-refractivity contribution is 0.781. The predicted molar refractivity (Wildman–Crippen MR) is 94.7 cm³/mol. The molecule has 2 aromatic carbocycles. The SMILES string of the molecule is CCCCc1ccccc1C1C(C)=Cc2c(Br)cccc21. The van der Waals surface area contributed by atoms with Gasteiger partial charge in [-0.3, -0.25) is 0 Å². The predicted octanol–water partition coefficient (Wildman–Crippen LogP) is 6.34. The summed E-state index contributed by atoms with van der Waals surface area (Å²) in [5, 5.41) is 0. The van der Waals surface area contributed by atoms with E-state index in [1.54, 1.807) is 0 Å². The van der Waals surface area contributed by atoms with Gasteiger partial charge in [-0.15, -0.1) is 0 Å². The first-order chi connectivity index (χ1) is 10.2. The summed E-state index contributed by atoms with van der Waals surface area (Å²) in [7, 11) is 0. The zero-order valence-corrected chi connectivity index (χ0v) is 14.3. The molecule has 2 aromatic rings. The second kappa shape index (κ2) is 6.19. The average molecular weight is 341 g/mol. The summed E-state index contributed by atoms with van der Waals surface area (Å²) in [5.74, 6) is 0.422. The Morgan fingerprint density at radius 1 is 1.00 bits per heavy atom. The Bertz CT molecular complexity index is 682. The zero-order valence-electron chi connectivity index (χ0n) is 12.7. The molecule has 0 radical (unpaired) electrons. The first-order valence-corrected chi connectivity index (χ1v) is 8.56. The smallest absolute Gasteiger partial charge is 0.0308 e. The van der Waals surface area contributed by atoms with Crippen LogP contribution in [-0.4, -0.2) is 0 Å². The summed E-state index contributed by atoms with van der Waals surface area (Å²) in [6.07, 6.45) is 6.02. The van der Waals surface area contributed by atoms with Crippen LogP contribution in [0.5, 0.6) is 0 Å². The van der Waals surface area contributed by atoms with E-state index in [4.69, 9.17) is 0 Å². The third kappa shape index (κ3) is 2.72. The van der Waals surface area contributed by atoms with Gasteiger partial charge in [-0.1, -0.05) is 77.3 Å². The third-order valence-corrected chi connectivity index (χ3v) is 5.08. The van der Waals surface area contributed by atoms with E-state index in [1.165, 1.54) is 51.6 Å². The fraction of sp³-hybridized carbons (Fsp3) is 0.300. The molecule has 0 amide bonds. The molecule has 1 unspecified atom stereocenters. The molecule has 0 saturated heterocycles. The molecule has 0 spiro atoms. The molecular weight excluding hydrogens is 320 g/mol. The number of benzene rings is 2. The van der Waals surface area contributed by atoms with Crippen molar-refractivity contribution in [2.45, 2.75) is 39.0 Å². The minimum Gasteiger partial charge on any atom is -0.0654 e. The molecule has 0 bridgehead atoms. The molecule has 0 nitrogen and oxygen atoms in total. The summed E-state index contributed by atoms with van der Waals surface area (Å²) in [6.45, 7) is 4.52. The molecule has 0 fully saturated rings. The lowest BCUT2D eigenvalue weighted by Crippen LogP contribution is -2.04. The van der Waals surface area contributed by atoms with Crippen molar-refractivity contribution in [1.29, 1.82) is 0 Å². The van der Waals surface area contributed by atoms with Crippen LogP contribution in [0.2, 0.25) is 0 Å². The topological polar surface area (TPSA) is 0 Å². The molecule has 0 aromatic heterocycles. The molecule has 0 aliphatic heterocycles. The molecule has 0 saturated carbocycles. The Hall–Kier alpha value is -1.34. The second-order valence-corrected chi connectivity index (χ2v) is 6.72. The highest BCUT2D eigenvalue weighted by atomic mass is 79.9. The molecule has 3 rings (SSSR count). The Morgan fingerprint density at radius 3 is 2.57 bits per heavy atom. The Kier molecular flexibility index (Phi) is 4.30. The van der Waals surface area contributed by atoms with E-state index in [2.05, 4.69) is 78.3 Å². The molecule has 1 aliphatic rings. The summed E-state index contributed by atoms with van der Waals surface area (Å²) >= 11 is 3.69. The molecular formula is C20H21Br. The van der Waals surface area contributed by atoms with E-state index in [0.717, 1.165) is 0 Å². The first kappa shape index (κ1) is 14.6. The quantitative estimate of drug-likeness (QED) is 0.609. The van der Waals surface area contributed by atoms with Crippen LogP contribution in [-0.2, 0) is 6.42 Å². The summed E-state index contributed by atoms with van der Waals surface area (Å²) in [4.78, 5) is 0. The normalized spacial score (nSPS) is 16.7. The molecule has 1 atom stereocenters. The lowest BCUT2D eigenvalue weighted by atomic mass is 9.85. The maximum atomic E-state index is 3.69. The Balaban J connectivity index is 2.07. The first-order valence-electron chi connectivity index (χ1n) is 7.76. The second-order valence-electron chi connectivity index (χ2n) is 5.87. The van der Waals surface area contributed by atoms with Crippen molar-refractivity contribution in [2.24, 2.45) is 0 Å². The number of unbranched alkanes of at least 4 members (excludes halogenated alkanes) is 1. The van der Waals surface area contributed by atoms with Crippen molar-refractivity contribution in [2.75, 3.05) is 0 Å². The zero-order chi connectivity index (χ0) is 14.8. The molecule has 108 valence electrons. The summed E-state index contributed by atoms with van der Waals surface area (Å²) in [6, 6.07) is 15.5. The molecule has 0 heterocycles. The van der Waals surface area contributed by atoms with Crippen molar-refractivity contribution in [3.05, 3.63) is 74.8 Å². The van der Waals surface area contributed by atoms with Crippen LogP contribution in [0.15, 0.2) is 52.5 Å². The maximum absolute atomic E-state index is 3.69. The largest absolute Gasteiger partial charge is 0.0654 e. The fourth-order valence-electron chi connectivity index (χ4n) is 3.34. The monoisotopic (exact) mass is 340 g/mol. The van der Waals surface area contributed by atoms with Crippen molar-refractivity contribution in [1.82, 2.24) is 0 Å². The van der Waals surface area contributed by atoms with Crippen molar-refractivity contribution < 1.29 is 0 Å². The number of rotatable bonds is 4. The van der Waals surface area contributed by atoms with Gasteiger partial charge >= 0.3 is 0 Å². The van der Waals surface area contributed by atoms with E-state index in [-0.39, 0.29) is 0 Å². The van der Waals surface area contributed by atoms with Crippen LogP contribution in [0.4, 0.5) is 0 Å². The summed E-state index contributed by atoms with van der Waals surface area (Å²) < 4.78 is 1.20. The van der Waals surface area contributed by atoms with E-state index < -0.39 is 0 Å². The van der Waals surface area contributed by atoms with Gasteiger partial charge in [0.25, 0.3) is 0 Å². The minimum atomic E-state index is 0.422. The average Bonchev–Trinajstić information content (AvgIpc) is 2.83. The van der Waals surface area contributed by atoms with E-state index in [0.29, 0.717) is 5.92 Å². The van der Waals surface area contributed by atoms with Gasteiger partial charge in [0, 0.05) is 10.4 Å². The number of halogens is 1. The minimum absolute atomic E-state index is 0.422. The number of aryl methyl sites for hydroxylation is 1. The van der Waals surface area contributed by atoms with Gasteiger partial charge in [0.05, 0.1) is 0 Å². The fourth-order valence-corrected chi connectivity index (χ4v) is 3.83. The number of fused-ring (bicyclic) bond motifs is 1. The molecule has 1 aliphatic carbocycles. The van der Waals surface area contributed by atoms with E-state index in [9.17, 15) is 0 Å². The van der Waals surface area contributed by atoms with Crippen LogP contribution in [0.25, 0.3) is 6.08 Å². The van der Waals surface area contributed by atoms with Crippen molar-refractivity contribution in [3.63, 3.8) is 0 Å². The standard InChI is InChI=1S/C20H21Br/c1-3-4-8-15-9-5-6-10-16(15)20-14(2)13-18-17(20)11-7-12-19(18)21/h5-7,9-13,20H,3-4,8H2,1-2H3. The van der Waals surface area contributed by atoms with Gasteiger partial charge in [-0.2, -0.15) is 0 Å². The number of hydrogen-bond acceptors (Lipinski definition) is 0. The highest BCUT2D eigenvalue weighted by Gasteiger charge is 2.26. The number of allylic oxidation sites excluding steroid dienone is 1. The number of hydrogen-bond donors (Lipinski definition) is 0. The van der Waals surface area contributed by atoms with Gasteiger partial charge in [0.15, 0.2) is 0 Å². The Labute approximate surface area is 136 Å². The highest BCUT2D eigenvalue weighted by molar-refractivity contribution is 9.10. The van der Waals surface area contributed by atoms with Crippen molar-refractivity contribution in [3.8, 4) is 0 Å². The molecule has 21 heavy (non-hydrogen) atoms. The van der Waals surface area contributed by atoms with Crippen LogP contribution in [0, 0.1) is 0 Å². The van der Waals surface area contributed by atoms with E-state index >= 15 is 0 Å². The molecule has 1 heteroatoms. The molecule has 0 N–H and O–H groups in total. The third-order valence-electron chi connectivity index (χ3n) is 4.39. The van der Waals surface area contributed by atoms with Crippen LogP contribution >= 0.6 is 15.9 Å². The van der Waals surface area contributed by atoms with Gasteiger partial charge in [0.2, 0.25) is 0 Å². The van der Waals surface area contributed by atoms with Gasteiger partial charge in [-0.25, -0.2) is 0 Å². The highest BCUT2D eigenvalue weighted by Crippen LogP contribution is 2.44. The maximum Gasteiger partial charge on any atom is 0.0308 e. The Morgan fingerprint density at radius 2 is 1.76 bits per heavy atom. The van der Waals surface area contributed by atoms with E-state index in [1.807, 2.05) is 0 Å². The summed E-state index contributed by atoms with van der Waals surface area (Å²) in [5.41, 5.74) is 7.22.